The van der Waals surface area contributed by atoms with Crippen molar-refractivity contribution in [1.29, 1.82) is 0 Å². The fraction of sp³-hybridized carbons (Fsp3) is 0.500. The number of fused-ring (bicyclic) bond motifs is 1. The lowest BCUT2D eigenvalue weighted by molar-refractivity contribution is 0.216. The zero-order valence-corrected chi connectivity index (χ0v) is 19.5. The molecule has 0 atom stereocenters. The Morgan fingerprint density at radius 3 is 2.55 bits per heavy atom. The van der Waals surface area contributed by atoms with Gasteiger partial charge in [0.25, 0.3) is 0 Å². The van der Waals surface area contributed by atoms with Gasteiger partial charge in [0.1, 0.15) is 0 Å². The molecule has 2 fully saturated rings. The first-order chi connectivity index (χ1) is 15.1. The number of rotatable bonds is 5. The second kappa shape index (κ2) is 9.10. The van der Waals surface area contributed by atoms with E-state index < -0.39 is 0 Å². The zero-order chi connectivity index (χ0) is 21.4. The quantitative estimate of drug-likeness (QED) is 0.443. The number of benzene rings is 1. The van der Waals surface area contributed by atoms with Gasteiger partial charge in [-0.1, -0.05) is 36.0 Å². The molecule has 1 aliphatic carbocycles. The van der Waals surface area contributed by atoms with Gasteiger partial charge in [0.2, 0.25) is 5.28 Å². The Hall–Kier alpha value is -1.60. The van der Waals surface area contributed by atoms with Crippen LogP contribution in [0.4, 0.5) is 5.82 Å². The number of hydrazine groups is 1. The molecule has 0 unspecified atom stereocenters. The summed E-state index contributed by atoms with van der Waals surface area (Å²) in [5.74, 6) is 1.26. The summed E-state index contributed by atoms with van der Waals surface area (Å²) < 4.78 is 2.17. The molecule has 1 aliphatic heterocycles. The molecule has 164 valence electrons. The summed E-state index contributed by atoms with van der Waals surface area (Å²) in [6, 6.07) is 6.15. The average Bonchev–Trinajstić information content (AvgIpc) is 3.42. The predicted octanol–water partition coefficient (Wildman–Crippen LogP) is 6.18. The standard InChI is InChI=1S/C22H25Cl3N6/c23-16-5-6-18(24)15(12-16)11-14-7-9-30(10-8-14)29-20-19-21(28-22(25)27-20)31(13-26-19)17-3-1-2-4-17/h5-6,12-14,17H,1-4,7-11H2,(H,27,28,29). The summed E-state index contributed by atoms with van der Waals surface area (Å²) in [4.78, 5) is 13.5. The van der Waals surface area contributed by atoms with E-state index in [-0.39, 0.29) is 5.28 Å². The van der Waals surface area contributed by atoms with Crippen LogP contribution in [-0.2, 0) is 6.42 Å². The maximum absolute atomic E-state index is 6.35. The zero-order valence-electron chi connectivity index (χ0n) is 17.2. The fourth-order valence-electron chi connectivity index (χ4n) is 4.83. The van der Waals surface area contributed by atoms with Crippen molar-refractivity contribution in [3.8, 4) is 0 Å². The molecule has 1 saturated carbocycles. The fourth-order valence-corrected chi connectivity index (χ4v) is 5.38. The Morgan fingerprint density at radius 1 is 1.00 bits per heavy atom. The summed E-state index contributed by atoms with van der Waals surface area (Å²) >= 11 is 18.8. The molecule has 2 aliphatic rings. The third-order valence-electron chi connectivity index (χ3n) is 6.51. The van der Waals surface area contributed by atoms with Gasteiger partial charge in [0.05, 0.1) is 6.33 Å². The van der Waals surface area contributed by atoms with Crippen molar-refractivity contribution in [3.05, 3.63) is 45.4 Å². The number of imidazole rings is 1. The van der Waals surface area contributed by atoms with E-state index in [0.717, 1.165) is 59.1 Å². The molecular weight excluding hydrogens is 455 g/mol. The lowest BCUT2D eigenvalue weighted by atomic mass is 9.91. The first kappa shape index (κ1) is 21.3. The summed E-state index contributed by atoms with van der Waals surface area (Å²) in [5.41, 5.74) is 6.18. The second-order valence-electron chi connectivity index (χ2n) is 8.59. The smallest absolute Gasteiger partial charge is 0.226 e. The van der Waals surface area contributed by atoms with Gasteiger partial charge in [-0.15, -0.1) is 0 Å². The molecule has 0 radical (unpaired) electrons. The van der Waals surface area contributed by atoms with Gasteiger partial charge >= 0.3 is 0 Å². The van der Waals surface area contributed by atoms with Crippen LogP contribution in [0.3, 0.4) is 0 Å². The van der Waals surface area contributed by atoms with Gasteiger partial charge in [-0.3, -0.25) is 0 Å². The van der Waals surface area contributed by atoms with Crippen molar-refractivity contribution in [3.63, 3.8) is 0 Å². The lowest BCUT2D eigenvalue weighted by Crippen LogP contribution is -2.38. The Kier molecular flexibility index (Phi) is 6.24. The maximum atomic E-state index is 6.35. The van der Waals surface area contributed by atoms with E-state index in [1.807, 2.05) is 24.5 Å². The van der Waals surface area contributed by atoms with Crippen molar-refractivity contribution in [2.24, 2.45) is 5.92 Å². The average molecular weight is 480 g/mol. The number of anilines is 1. The summed E-state index contributed by atoms with van der Waals surface area (Å²) in [6.45, 7) is 1.82. The van der Waals surface area contributed by atoms with Gasteiger partial charge in [-0.2, -0.15) is 9.97 Å². The highest BCUT2D eigenvalue weighted by atomic mass is 35.5. The number of nitrogens with one attached hydrogen (secondary N) is 1. The molecule has 5 rings (SSSR count). The van der Waals surface area contributed by atoms with Crippen molar-refractivity contribution >= 4 is 51.8 Å². The van der Waals surface area contributed by atoms with Gasteiger partial charge < -0.3 is 9.99 Å². The van der Waals surface area contributed by atoms with Crippen molar-refractivity contribution in [2.45, 2.75) is 51.0 Å². The van der Waals surface area contributed by atoms with Gasteiger partial charge in [-0.25, -0.2) is 9.99 Å². The van der Waals surface area contributed by atoms with Crippen LogP contribution in [0.1, 0.15) is 50.1 Å². The summed E-state index contributed by atoms with van der Waals surface area (Å²) in [7, 11) is 0. The van der Waals surface area contributed by atoms with E-state index in [1.54, 1.807) is 0 Å². The number of nitrogens with zero attached hydrogens (tertiary/aromatic N) is 5. The molecule has 9 heteroatoms. The Bertz CT molecular complexity index is 1070. The first-order valence-electron chi connectivity index (χ1n) is 10.9. The van der Waals surface area contributed by atoms with Crippen molar-refractivity contribution < 1.29 is 0 Å². The largest absolute Gasteiger partial charge is 0.312 e. The van der Waals surface area contributed by atoms with E-state index in [4.69, 9.17) is 34.8 Å². The molecule has 0 amide bonds. The molecule has 0 bridgehead atoms. The second-order valence-corrected chi connectivity index (χ2v) is 9.77. The normalized spacial score (nSPS) is 18.8. The van der Waals surface area contributed by atoms with Crippen LogP contribution < -0.4 is 5.43 Å². The van der Waals surface area contributed by atoms with E-state index >= 15 is 0 Å². The third-order valence-corrected chi connectivity index (χ3v) is 7.28. The van der Waals surface area contributed by atoms with Crippen molar-refractivity contribution in [2.75, 3.05) is 18.5 Å². The van der Waals surface area contributed by atoms with E-state index in [0.29, 0.717) is 17.8 Å². The number of halogens is 3. The molecule has 31 heavy (non-hydrogen) atoms. The monoisotopic (exact) mass is 478 g/mol. The molecule has 3 heterocycles. The number of hydrogen-bond acceptors (Lipinski definition) is 5. The van der Waals surface area contributed by atoms with Crippen LogP contribution in [-0.4, -0.2) is 37.6 Å². The first-order valence-corrected chi connectivity index (χ1v) is 12.1. The minimum Gasteiger partial charge on any atom is -0.312 e. The Balaban J connectivity index is 1.26. The van der Waals surface area contributed by atoms with Gasteiger partial charge in [0.15, 0.2) is 17.0 Å². The number of piperidine rings is 1. The highest BCUT2D eigenvalue weighted by Crippen LogP contribution is 2.33. The van der Waals surface area contributed by atoms with E-state index in [9.17, 15) is 0 Å². The molecule has 6 nitrogen and oxygen atoms in total. The molecule has 1 N–H and O–H groups in total. The van der Waals surface area contributed by atoms with E-state index in [1.165, 1.54) is 25.7 Å². The summed E-state index contributed by atoms with van der Waals surface area (Å²) in [6.07, 6.45) is 9.80. The minimum absolute atomic E-state index is 0.250. The minimum atomic E-state index is 0.250. The van der Waals surface area contributed by atoms with Crippen LogP contribution in [0.15, 0.2) is 24.5 Å². The lowest BCUT2D eigenvalue weighted by Gasteiger charge is -2.32. The molecule has 0 spiro atoms. The molecule has 3 aromatic rings. The molecule has 2 aromatic heterocycles. The van der Waals surface area contributed by atoms with Crippen LogP contribution in [0.5, 0.6) is 0 Å². The molecule has 1 aromatic carbocycles. The SMILES string of the molecule is Clc1ccc(Cl)c(CC2CCN(Nc3nc(Cl)nc4c3ncn4C3CCCC3)CC2)c1. The van der Waals surface area contributed by atoms with Crippen molar-refractivity contribution in [1.82, 2.24) is 24.5 Å². The number of aromatic nitrogens is 4. The van der Waals surface area contributed by atoms with Gasteiger partial charge in [0, 0.05) is 29.2 Å². The van der Waals surface area contributed by atoms with Crippen LogP contribution >= 0.6 is 34.8 Å². The molecule has 1 saturated heterocycles. The third kappa shape index (κ3) is 4.63. The van der Waals surface area contributed by atoms with Crippen LogP contribution in [0.2, 0.25) is 15.3 Å². The topological polar surface area (TPSA) is 58.9 Å². The highest BCUT2D eigenvalue weighted by Gasteiger charge is 2.24. The summed E-state index contributed by atoms with van der Waals surface area (Å²) in [5, 5.41) is 3.98. The van der Waals surface area contributed by atoms with Crippen LogP contribution in [0, 0.1) is 5.92 Å². The predicted molar refractivity (Wildman–Crippen MR) is 126 cm³/mol. The van der Waals surface area contributed by atoms with Crippen LogP contribution in [0.25, 0.3) is 11.2 Å². The maximum Gasteiger partial charge on any atom is 0.226 e. The van der Waals surface area contributed by atoms with E-state index in [2.05, 4.69) is 30.0 Å². The number of hydrogen-bond donors (Lipinski definition) is 1. The molecular formula is C22H25Cl3N6. The Labute approximate surface area is 196 Å². The Morgan fingerprint density at radius 2 is 1.77 bits per heavy atom. The van der Waals surface area contributed by atoms with Gasteiger partial charge in [-0.05, 0) is 73.4 Å². The highest BCUT2D eigenvalue weighted by molar-refractivity contribution is 6.33.